The Balaban J connectivity index is 1.99. The van der Waals surface area contributed by atoms with Gasteiger partial charge in [-0.1, -0.05) is 23.7 Å². The van der Waals surface area contributed by atoms with Crippen molar-refractivity contribution in [3.63, 3.8) is 0 Å². The zero-order valence-corrected chi connectivity index (χ0v) is 11.3. The molecule has 0 aliphatic rings. The Labute approximate surface area is 117 Å². The Morgan fingerprint density at radius 3 is 2.58 bits per heavy atom. The van der Waals surface area contributed by atoms with Gasteiger partial charge in [-0.15, -0.1) is 0 Å². The van der Waals surface area contributed by atoms with E-state index in [4.69, 9.17) is 11.6 Å². The first-order chi connectivity index (χ1) is 9.15. The molecule has 2 aromatic carbocycles. The summed E-state index contributed by atoms with van der Waals surface area (Å²) in [5.74, 6) is -0.0585. The van der Waals surface area contributed by atoms with E-state index in [-0.39, 0.29) is 5.78 Å². The van der Waals surface area contributed by atoms with Gasteiger partial charge in [0.2, 0.25) is 0 Å². The number of rotatable bonds is 4. The number of aryl methyl sites for hydroxylation is 1. The maximum Gasteiger partial charge on any atom is 0.187 e. The van der Waals surface area contributed by atoms with Crippen LogP contribution in [0.5, 0.6) is 0 Å². The second-order valence-corrected chi connectivity index (χ2v) is 4.65. The zero-order chi connectivity index (χ0) is 13.7. The van der Waals surface area contributed by atoms with Gasteiger partial charge >= 0.3 is 0 Å². The lowest BCUT2D eigenvalue weighted by Crippen LogP contribution is -1.96. The number of hydrogen-bond donors (Lipinski definition) is 1. The smallest absolute Gasteiger partial charge is 0.187 e. The van der Waals surface area contributed by atoms with Crippen molar-refractivity contribution in [1.29, 1.82) is 0 Å². The summed E-state index contributed by atoms with van der Waals surface area (Å²) >= 11 is 5.77. The highest BCUT2D eigenvalue weighted by Gasteiger charge is 2.00. The molecule has 0 atom stereocenters. The third kappa shape index (κ3) is 3.97. The maximum atomic E-state index is 11.8. The number of allylic oxidation sites excluding steroid dienone is 1. The average Bonchev–Trinajstić information content (AvgIpc) is 2.39. The van der Waals surface area contributed by atoms with Gasteiger partial charge in [0.05, 0.1) is 0 Å². The molecule has 0 saturated carbocycles. The number of anilines is 1. The lowest BCUT2D eigenvalue weighted by Gasteiger charge is -2.01. The van der Waals surface area contributed by atoms with Gasteiger partial charge in [-0.2, -0.15) is 0 Å². The molecular weight excluding hydrogens is 258 g/mol. The standard InChI is InChI=1S/C16H14ClNO/c1-12-3-2-4-15(11-12)18-10-9-16(19)13-5-7-14(17)8-6-13/h2-11,18H,1H3. The highest BCUT2D eigenvalue weighted by Crippen LogP contribution is 2.11. The van der Waals surface area contributed by atoms with Crippen LogP contribution in [0.15, 0.2) is 60.8 Å². The third-order valence-electron chi connectivity index (χ3n) is 2.63. The van der Waals surface area contributed by atoms with E-state index >= 15 is 0 Å². The molecule has 0 fully saturated rings. The molecule has 0 saturated heterocycles. The van der Waals surface area contributed by atoms with Gasteiger partial charge < -0.3 is 5.32 Å². The predicted octanol–water partition coefficient (Wildman–Crippen LogP) is 4.46. The minimum Gasteiger partial charge on any atom is -0.362 e. The quantitative estimate of drug-likeness (QED) is 0.657. The number of benzene rings is 2. The van der Waals surface area contributed by atoms with Crippen molar-refractivity contribution in [3.05, 3.63) is 77.0 Å². The lowest BCUT2D eigenvalue weighted by molar-refractivity contribution is 0.104. The van der Waals surface area contributed by atoms with Gasteiger partial charge in [0.15, 0.2) is 5.78 Å². The van der Waals surface area contributed by atoms with E-state index < -0.39 is 0 Å². The molecule has 0 heterocycles. The van der Waals surface area contributed by atoms with Crippen LogP contribution < -0.4 is 5.32 Å². The molecule has 0 spiro atoms. The summed E-state index contributed by atoms with van der Waals surface area (Å²) in [6.07, 6.45) is 3.15. The Bertz CT molecular complexity index is 602. The van der Waals surface area contributed by atoms with E-state index in [2.05, 4.69) is 5.32 Å². The SMILES string of the molecule is Cc1cccc(NC=CC(=O)c2ccc(Cl)cc2)c1. The van der Waals surface area contributed by atoms with Gasteiger partial charge in [-0.05, 0) is 48.9 Å². The Morgan fingerprint density at radius 1 is 1.16 bits per heavy atom. The van der Waals surface area contributed by atoms with Gasteiger partial charge in [0.25, 0.3) is 0 Å². The van der Waals surface area contributed by atoms with E-state index in [0.29, 0.717) is 10.6 Å². The van der Waals surface area contributed by atoms with Crippen LogP contribution in [-0.2, 0) is 0 Å². The van der Waals surface area contributed by atoms with E-state index in [1.165, 1.54) is 11.6 Å². The lowest BCUT2D eigenvalue weighted by atomic mass is 10.1. The molecule has 2 aromatic rings. The molecule has 0 aliphatic carbocycles. The molecule has 96 valence electrons. The molecule has 0 unspecified atom stereocenters. The number of halogens is 1. The fourth-order valence-corrected chi connectivity index (χ4v) is 1.78. The minimum absolute atomic E-state index is 0.0585. The second-order valence-electron chi connectivity index (χ2n) is 4.22. The monoisotopic (exact) mass is 271 g/mol. The van der Waals surface area contributed by atoms with Crippen LogP contribution in [0.25, 0.3) is 0 Å². The van der Waals surface area contributed by atoms with Gasteiger partial charge in [0, 0.05) is 28.5 Å². The number of carbonyl (C=O) groups is 1. The van der Waals surface area contributed by atoms with Gasteiger partial charge in [-0.3, -0.25) is 4.79 Å². The Hall–Kier alpha value is -2.06. The molecular formula is C16H14ClNO. The van der Waals surface area contributed by atoms with Crippen molar-refractivity contribution < 1.29 is 4.79 Å². The molecule has 0 aromatic heterocycles. The van der Waals surface area contributed by atoms with Crippen molar-refractivity contribution in [1.82, 2.24) is 0 Å². The summed E-state index contributed by atoms with van der Waals surface area (Å²) in [5.41, 5.74) is 2.74. The molecule has 2 nitrogen and oxygen atoms in total. The Morgan fingerprint density at radius 2 is 1.89 bits per heavy atom. The van der Waals surface area contributed by atoms with Crippen LogP contribution in [0.3, 0.4) is 0 Å². The van der Waals surface area contributed by atoms with E-state index in [1.54, 1.807) is 30.5 Å². The molecule has 1 N–H and O–H groups in total. The van der Waals surface area contributed by atoms with E-state index in [1.807, 2.05) is 31.2 Å². The van der Waals surface area contributed by atoms with Gasteiger partial charge in [0.1, 0.15) is 0 Å². The fourth-order valence-electron chi connectivity index (χ4n) is 1.66. The molecule has 3 heteroatoms. The van der Waals surface area contributed by atoms with Crippen LogP contribution >= 0.6 is 11.6 Å². The number of hydrogen-bond acceptors (Lipinski definition) is 2. The molecule has 0 aliphatic heterocycles. The average molecular weight is 272 g/mol. The summed E-state index contributed by atoms with van der Waals surface area (Å²) in [6, 6.07) is 14.8. The molecule has 0 radical (unpaired) electrons. The fraction of sp³-hybridized carbons (Fsp3) is 0.0625. The van der Waals surface area contributed by atoms with Crippen molar-refractivity contribution in [2.75, 3.05) is 5.32 Å². The van der Waals surface area contributed by atoms with Gasteiger partial charge in [-0.25, -0.2) is 0 Å². The molecule has 0 bridgehead atoms. The molecule has 0 amide bonds. The first-order valence-electron chi connectivity index (χ1n) is 5.95. The largest absolute Gasteiger partial charge is 0.362 e. The topological polar surface area (TPSA) is 29.1 Å². The summed E-state index contributed by atoms with van der Waals surface area (Å²) in [6.45, 7) is 2.02. The highest BCUT2D eigenvalue weighted by atomic mass is 35.5. The van der Waals surface area contributed by atoms with Crippen LogP contribution in [-0.4, -0.2) is 5.78 Å². The van der Waals surface area contributed by atoms with Crippen LogP contribution in [0.1, 0.15) is 15.9 Å². The van der Waals surface area contributed by atoms with Crippen LogP contribution in [0.2, 0.25) is 5.02 Å². The minimum atomic E-state index is -0.0585. The zero-order valence-electron chi connectivity index (χ0n) is 10.6. The van der Waals surface area contributed by atoms with Crippen molar-refractivity contribution in [3.8, 4) is 0 Å². The Kier molecular flexibility index (Phi) is 4.37. The van der Waals surface area contributed by atoms with Crippen LogP contribution in [0, 0.1) is 6.92 Å². The van der Waals surface area contributed by atoms with E-state index in [9.17, 15) is 4.79 Å². The van der Waals surface area contributed by atoms with E-state index in [0.717, 1.165) is 5.69 Å². The summed E-state index contributed by atoms with van der Waals surface area (Å²) in [4.78, 5) is 11.8. The second kappa shape index (κ2) is 6.21. The summed E-state index contributed by atoms with van der Waals surface area (Å²) < 4.78 is 0. The van der Waals surface area contributed by atoms with Crippen LogP contribution in [0.4, 0.5) is 5.69 Å². The maximum absolute atomic E-state index is 11.8. The molecule has 2 rings (SSSR count). The summed E-state index contributed by atoms with van der Waals surface area (Å²) in [7, 11) is 0. The van der Waals surface area contributed by atoms with Crippen molar-refractivity contribution in [2.24, 2.45) is 0 Å². The molecule has 19 heavy (non-hydrogen) atoms. The summed E-state index contributed by atoms with van der Waals surface area (Å²) in [5, 5.41) is 3.69. The predicted molar refractivity (Wildman–Crippen MR) is 79.7 cm³/mol. The number of carbonyl (C=O) groups excluding carboxylic acids is 1. The number of ketones is 1. The van der Waals surface area contributed by atoms with Crippen molar-refractivity contribution >= 4 is 23.1 Å². The first-order valence-corrected chi connectivity index (χ1v) is 6.32. The normalized spacial score (nSPS) is 10.6. The highest BCUT2D eigenvalue weighted by molar-refractivity contribution is 6.30. The first kappa shape index (κ1) is 13.4. The third-order valence-corrected chi connectivity index (χ3v) is 2.88. The number of nitrogens with one attached hydrogen (secondary N) is 1. The van der Waals surface area contributed by atoms with Crippen molar-refractivity contribution in [2.45, 2.75) is 6.92 Å².